The summed E-state index contributed by atoms with van der Waals surface area (Å²) in [5, 5.41) is 8.59. The van der Waals surface area contributed by atoms with Crippen molar-refractivity contribution < 1.29 is 28.4 Å². The van der Waals surface area contributed by atoms with Gasteiger partial charge in [0.15, 0.2) is 12.2 Å². The van der Waals surface area contributed by atoms with Crippen molar-refractivity contribution in [2.24, 2.45) is 10.9 Å². The maximum Gasteiger partial charge on any atom is 0.328 e. The maximum atomic E-state index is 13.6. The minimum Gasteiger partial charge on any atom is -0.354 e. The molecule has 3 N–H and O–H groups in total. The number of nitrogens with zero attached hydrogens (tertiary/aromatic N) is 4. The van der Waals surface area contributed by atoms with E-state index in [1.165, 1.54) is 30.4 Å². The highest BCUT2D eigenvalue weighted by molar-refractivity contribution is 6.02. The second-order valence-electron chi connectivity index (χ2n) is 11.2. The van der Waals surface area contributed by atoms with E-state index in [4.69, 9.17) is 0 Å². The predicted molar refractivity (Wildman–Crippen MR) is 148 cm³/mol. The summed E-state index contributed by atoms with van der Waals surface area (Å²) in [6.07, 6.45) is 4.30. The van der Waals surface area contributed by atoms with Crippen LogP contribution < -0.4 is 16.0 Å². The van der Waals surface area contributed by atoms with Gasteiger partial charge < -0.3 is 25.8 Å². The first-order chi connectivity index (χ1) is 19.5. The predicted octanol–water partition coefficient (Wildman–Crippen LogP) is 1.03. The van der Waals surface area contributed by atoms with E-state index in [0.29, 0.717) is 12.1 Å². The summed E-state index contributed by atoms with van der Waals surface area (Å²) in [6.45, 7) is 4.62. The summed E-state index contributed by atoms with van der Waals surface area (Å²) in [6, 6.07) is 2.73. The second kappa shape index (κ2) is 12.6. The Kier molecular flexibility index (Phi) is 9.24. The number of hydrogen-bond acceptors (Lipinski definition) is 7. The van der Waals surface area contributed by atoms with Crippen molar-refractivity contribution in [2.75, 3.05) is 33.7 Å². The second-order valence-corrected chi connectivity index (χ2v) is 11.2. The van der Waals surface area contributed by atoms with E-state index < -0.39 is 30.0 Å². The first-order valence-corrected chi connectivity index (χ1v) is 14.0. The average Bonchev–Trinajstić information content (AvgIpc) is 3.35. The van der Waals surface area contributed by atoms with Gasteiger partial charge in [0.1, 0.15) is 5.82 Å². The number of halogens is 1. The number of urea groups is 1. The summed E-state index contributed by atoms with van der Waals surface area (Å²) < 4.78 is 13.6. The third-order valence-corrected chi connectivity index (χ3v) is 7.94. The van der Waals surface area contributed by atoms with Crippen molar-refractivity contribution in [3.8, 4) is 0 Å². The molecule has 41 heavy (non-hydrogen) atoms. The van der Waals surface area contributed by atoms with Crippen LogP contribution in [0, 0.1) is 11.7 Å². The quantitative estimate of drug-likeness (QED) is 0.339. The number of hydrogen-bond donors (Lipinski definition) is 3. The van der Waals surface area contributed by atoms with Gasteiger partial charge in [-0.25, -0.2) is 14.2 Å². The van der Waals surface area contributed by atoms with Crippen LogP contribution in [0.5, 0.6) is 0 Å². The summed E-state index contributed by atoms with van der Waals surface area (Å²) >= 11 is 0. The number of likely N-dealkylation sites (N-methyl/N-ethyl adjacent to an activating group) is 2. The topological polar surface area (TPSA) is 144 Å². The van der Waals surface area contributed by atoms with Crippen LogP contribution in [0.25, 0.3) is 0 Å². The Morgan fingerprint density at radius 3 is 2.63 bits per heavy atom. The lowest BCUT2D eigenvalue weighted by Crippen LogP contribution is -2.64. The Bertz CT molecular complexity index is 1240. The van der Waals surface area contributed by atoms with E-state index in [-0.39, 0.29) is 54.2 Å². The number of unbranched alkanes of at least 4 members (excludes halogenated alkanes) is 1. The fraction of sp³-hybridized carbons (Fsp3) is 0.571. The Morgan fingerprint density at radius 2 is 1.88 bits per heavy atom. The fourth-order valence-electron chi connectivity index (χ4n) is 5.47. The molecular weight excluding hydrogens is 533 g/mol. The van der Waals surface area contributed by atoms with E-state index in [1.807, 2.05) is 6.92 Å². The molecule has 0 aromatic heterocycles. The van der Waals surface area contributed by atoms with Crippen LogP contribution in [0.4, 0.5) is 9.18 Å². The number of rotatable bonds is 11. The van der Waals surface area contributed by atoms with E-state index in [2.05, 4.69) is 27.9 Å². The van der Waals surface area contributed by atoms with E-state index >= 15 is 0 Å². The van der Waals surface area contributed by atoms with Gasteiger partial charge in [-0.05, 0) is 43.4 Å². The molecule has 4 rings (SSSR count). The number of nitrogens with one attached hydrogen (secondary N) is 3. The maximum absolute atomic E-state index is 13.6. The first kappa shape index (κ1) is 29.9. The normalized spacial score (nSPS) is 23.1. The van der Waals surface area contributed by atoms with Gasteiger partial charge >= 0.3 is 6.03 Å². The molecule has 0 spiro atoms. The largest absolute Gasteiger partial charge is 0.354 e. The lowest BCUT2D eigenvalue weighted by atomic mass is 9.89. The molecule has 0 radical (unpaired) electrons. The van der Waals surface area contributed by atoms with Crippen molar-refractivity contribution in [1.82, 2.24) is 30.7 Å². The standard InChI is InChI=1S/C28H38FN7O5/c1-16(12-30-22(37)14-36-15-32-24-23(36)27(40)35(4)28(41)34(24)3)7-5-6-8-17(2)33-26(39)21-13-31-25(38)20-11-18(29)9-10-19(20)21/h9-11,15-17,21,23-24H,5-8,12-14H2,1-4H3,(H,30,37)(H,31,38)(H,33,39). The molecular formula is C28H38FN7O5. The van der Waals surface area contributed by atoms with Crippen molar-refractivity contribution in [2.45, 2.75) is 63.7 Å². The number of carbonyl (C=O) groups excluding carboxylic acids is 5. The summed E-state index contributed by atoms with van der Waals surface area (Å²) in [4.78, 5) is 70.5. The van der Waals surface area contributed by atoms with Crippen LogP contribution in [-0.2, 0) is 14.4 Å². The molecule has 1 aromatic carbocycles. The van der Waals surface area contributed by atoms with Crippen LogP contribution >= 0.6 is 0 Å². The third-order valence-electron chi connectivity index (χ3n) is 7.94. The van der Waals surface area contributed by atoms with E-state index in [9.17, 15) is 28.4 Å². The highest BCUT2D eigenvalue weighted by Gasteiger charge is 2.48. The lowest BCUT2D eigenvalue weighted by Gasteiger charge is -2.39. The Morgan fingerprint density at radius 1 is 1.15 bits per heavy atom. The molecule has 1 saturated heterocycles. The number of fused-ring (bicyclic) bond motifs is 2. The van der Waals surface area contributed by atoms with Crippen LogP contribution in [0.2, 0.25) is 0 Å². The molecule has 0 bridgehead atoms. The molecule has 5 unspecified atom stereocenters. The van der Waals surface area contributed by atoms with Crippen LogP contribution in [0.1, 0.15) is 61.4 Å². The molecule has 3 aliphatic heterocycles. The third kappa shape index (κ3) is 6.66. The first-order valence-electron chi connectivity index (χ1n) is 14.0. The SMILES string of the molecule is CC(CCCCC(C)NC(=O)C1CNC(=O)c2cc(F)ccc21)CNC(=O)CN1C=NC2C1C(=O)N(C)C(=O)N2C. The summed E-state index contributed by atoms with van der Waals surface area (Å²) in [5.74, 6) is -2.03. The van der Waals surface area contributed by atoms with E-state index in [1.54, 1.807) is 11.9 Å². The van der Waals surface area contributed by atoms with Crippen molar-refractivity contribution in [3.05, 3.63) is 35.1 Å². The van der Waals surface area contributed by atoms with Gasteiger partial charge in [-0.1, -0.05) is 25.8 Å². The molecule has 0 aliphatic carbocycles. The molecule has 3 aliphatic rings. The van der Waals surface area contributed by atoms with Gasteiger partial charge in [0.2, 0.25) is 11.8 Å². The Hall–Kier alpha value is -4.03. The lowest BCUT2D eigenvalue weighted by molar-refractivity contribution is -0.136. The molecule has 1 aromatic rings. The van der Waals surface area contributed by atoms with Crippen molar-refractivity contribution >= 4 is 36.0 Å². The molecule has 0 saturated carbocycles. The highest BCUT2D eigenvalue weighted by atomic mass is 19.1. The van der Waals surface area contributed by atoms with Gasteiger partial charge in [0.25, 0.3) is 11.8 Å². The molecule has 222 valence electrons. The summed E-state index contributed by atoms with van der Waals surface area (Å²) in [5.41, 5.74) is 0.731. The zero-order valence-corrected chi connectivity index (χ0v) is 23.9. The zero-order valence-electron chi connectivity index (χ0n) is 23.9. The van der Waals surface area contributed by atoms with Crippen molar-refractivity contribution in [3.63, 3.8) is 0 Å². The molecule has 1 fully saturated rings. The molecule has 6 amide bonds. The van der Waals surface area contributed by atoms with Crippen LogP contribution in [0.15, 0.2) is 23.2 Å². The minimum absolute atomic E-state index is 0.0275. The van der Waals surface area contributed by atoms with Gasteiger partial charge in [0.05, 0.1) is 18.8 Å². The number of imide groups is 1. The Balaban J connectivity index is 1.13. The Labute approximate surface area is 238 Å². The number of carbonyl (C=O) groups is 5. The minimum atomic E-state index is -0.706. The van der Waals surface area contributed by atoms with Gasteiger partial charge in [-0.2, -0.15) is 0 Å². The number of benzene rings is 1. The fourth-order valence-corrected chi connectivity index (χ4v) is 5.47. The van der Waals surface area contributed by atoms with Crippen LogP contribution in [0.3, 0.4) is 0 Å². The van der Waals surface area contributed by atoms with Gasteiger partial charge in [0, 0.05) is 38.8 Å². The van der Waals surface area contributed by atoms with Gasteiger partial charge in [-0.3, -0.25) is 24.1 Å². The monoisotopic (exact) mass is 571 g/mol. The molecule has 3 heterocycles. The molecule has 13 heteroatoms. The smallest absolute Gasteiger partial charge is 0.328 e. The average molecular weight is 572 g/mol. The zero-order chi connectivity index (χ0) is 29.8. The van der Waals surface area contributed by atoms with Gasteiger partial charge in [-0.15, -0.1) is 0 Å². The molecule has 5 atom stereocenters. The number of amides is 6. The summed E-state index contributed by atoms with van der Waals surface area (Å²) in [7, 11) is 3.00. The molecule has 12 nitrogen and oxygen atoms in total. The van der Waals surface area contributed by atoms with E-state index in [0.717, 1.165) is 36.6 Å². The van der Waals surface area contributed by atoms with Crippen molar-refractivity contribution in [1.29, 1.82) is 0 Å². The highest BCUT2D eigenvalue weighted by Crippen LogP contribution is 2.26. The van der Waals surface area contributed by atoms with Crippen LogP contribution in [-0.4, -0.2) is 103 Å². The number of aliphatic imine (C=N–C) groups is 1.